The van der Waals surface area contributed by atoms with E-state index in [2.05, 4.69) is 177 Å². The van der Waals surface area contributed by atoms with E-state index in [1.165, 1.54) is 0 Å². The molecule has 0 fully saturated rings. The van der Waals surface area contributed by atoms with Crippen LogP contribution in [0.4, 0.5) is 52.7 Å². The predicted octanol–water partition coefficient (Wildman–Crippen LogP) is 20.5. The summed E-state index contributed by atoms with van der Waals surface area (Å²) >= 11 is 0. The first kappa shape index (κ1) is 112. The monoisotopic (exact) mass is 1580 g/mol. The third kappa shape index (κ3) is 84.9. The van der Waals surface area contributed by atoms with Crippen LogP contribution in [0.25, 0.3) is 18.6 Å². The minimum atomic E-state index is -4.25. The Labute approximate surface area is 576 Å². The molecule has 0 spiro atoms. The van der Waals surface area contributed by atoms with Crippen LogP contribution in [0.15, 0.2) is 98.1 Å². The SMILES string of the molecule is C[Si](C)(C)[N-][Si](C)(C)C.C[Si](C)(C)[N-][Si](C)(C)C.C[Si](C)(C)[N-][Si](C)(C)C.C[Si](C)(C)[N-][Si](C)(C)C.FC(F)(F)c1ccncc1.FC(F)(F)c1ccncc1.FC(F)(F)c1ccncc1.FC(F)(F)c1ccncc1.[Fe+3].[Fe+3].[Fe+3].[Fe+3].[S-2].[S-2].[S-2].[S-2]. The molecule has 0 aliphatic rings. The molecule has 0 saturated heterocycles. The largest absolute Gasteiger partial charge is 3.00 e. The van der Waals surface area contributed by atoms with Crippen LogP contribution in [0.2, 0.25) is 157 Å². The van der Waals surface area contributed by atoms with E-state index in [0.29, 0.717) is 0 Å². The number of hydrogen-bond donors (Lipinski definition) is 0. The number of pyridine rings is 4. The smallest absolute Gasteiger partial charge is 2.00 e. The van der Waals surface area contributed by atoms with E-state index >= 15 is 0 Å². The molecule has 84 heavy (non-hydrogen) atoms. The summed E-state index contributed by atoms with van der Waals surface area (Å²) in [4.78, 5) is 13.8. The van der Waals surface area contributed by atoms with Crippen molar-refractivity contribution in [2.24, 2.45) is 0 Å². The molecule has 0 aromatic carbocycles. The fourth-order valence-corrected chi connectivity index (χ4v) is 38.4. The zero-order valence-electron chi connectivity index (χ0n) is 52.4. The number of halogens is 12. The number of aromatic nitrogens is 4. The molecule has 492 valence electrons. The van der Waals surface area contributed by atoms with E-state index in [0.717, 1.165) is 98.1 Å². The van der Waals surface area contributed by atoms with Crippen molar-refractivity contribution in [3.63, 3.8) is 0 Å². The molecule has 4 rings (SSSR count). The zero-order chi connectivity index (χ0) is 61.3. The Bertz CT molecular complexity index is 1770. The molecule has 0 unspecified atom stereocenters. The molecule has 0 bridgehead atoms. The minimum absolute atomic E-state index is 0. The van der Waals surface area contributed by atoms with Crippen LogP contribution in [0, 0.1) is 0 Å². The van der Waals surface area contributed by atoms with Gasteiger partial charge in [0.15, 0.2) is 0 Å². The zero-order valence-corrected chi connectivity index (χ0v) is 68.1. The molecule has 8 nitrogen and oxygen atoms in total. The van der Waals surface area contributed by atoms with Gasteiger partial charge in [-0.2, -0.15) is 52.7 Å². The first-order valence-electron chi connectivity index (χ1n) is 24.1. The summed E-state index contributed by atoms with van der Waals surface area (Å²) < 4.78 is 160. The van der Waals surface area contributed by atoms with Crippen molar-refractivity contribution in [2.45, 2.75) is 182 Å². The molecule has 0 amide bonds. The van der Waals surface area contributed by atoms with Crippen molar-refractivity contribution in [2.75, 3.05) is 0 Å². The van der Waals surface area contributed by atoms with E-state index in [1.54, 1.807) is 0 Å². The van der Waals surface area contributed by atoms with E-state index in [9.17, 15) is 52.7 Å². The standard InChI is InChI=1S/4C6H4F3N.4C6H18NSi2.4Fe.4S/c4*7-6(8,9)5-1-3-10-4-2-5;4*1-8(2,3)7-9(4,5)6;;;;;;;;/h4*1-4H;4*1-6H3;;;;;;;;/q;;;;4*-1;4*+3;4*-2. The molecule has 0 aliphatic carbocycles. The normalized spacial score (nSPS) is 11.5. The first-order valence-corrected chi connectivity index (χ1v) is 51.7. The molecule has 4 radical (unpaired) electrons. The number of nitrogens with zero attached hydrogens (tertiary/aromatic N) is 8. The van der Waals surface area contributed by atoms with Crippen molar-refractivity contribution < 1.29 is 121 Å². The van der Waals surface area contributed by atoms with Crippen molar-refractivity contribution in [1.82, 2.24) is 19.9 Å². The average molecular weight is 1580 g/mol. The van der Waals surface area contributed by atoms with Crippen molar-refractivity contribution in [1.29, 1.82) is 0 Å². The van der Waals surface area contributed by atoms with Crippen LogP contribution in [0.5, 0.6) is 0 Å². The molecular weight excluding hydrogens is 1490 g/mol. The second-order valence-corrected chi connectivity index (χ2v) is 63.1. The van der Waals surface area contributed by atoms with Gasteiger partial charge in [-0.1, -0.05) is 223 Å². The summed E-state index contributed by atoms with van der Waals surface area (Å²) in [6.07, 6.45) is -8.08. The predicted molar refractivity (Wildman–Crippen MR) is 347 cm³/mol. The van der Waals surface area contributed by atoms with Crippen LogP contribution in [-0.2, 0) is 147 Å². The average Bonchev–Trinajstić information content (AvgIpc) is 3.14. The molecule has 0 saturated carbocycles. The Kier molecular flexibility index (Phi) is 64.9. The summed E-state index contributed by atoms with van der Waals surface area (Å²) in [5.74, 6) is 0. The second-order valence-electron chi connectivity index (χ2n) is 24.7. The van der Waals surface area contributed by atoms with Gasteiger partial charge in [0, 0.05) is 49.6 Å². The first-order chi connectivity index (χ1) is 33.2. The molecule has 4 aromatic rings. The second kappa shape index (κ2) is 48.5. The van der Waals surface area contributed by atoms with Crippen LogP contribution < -0.4 is 0 Å². The maximum atomic E-state index is 11.8. The van der Waals surface area contributed by atoms with Gasteiger partial charge >= 0.3 is 93.0 Å². The van der Waals surface area contributed by atoms with E-state index in [4.69, 9.17) is 18.6 Å². The summed E-state index contributed by atoms with van der Waals surface area (Å²) in [6.45, 7) is 55.1. The van der Waals surface area contributed by atoms with Gasteiger partial charge in [-0.05, 0) is 48.5 Å². The molecular formula is C48H88F12Fe4N8S4Si8. The van der Waals surface area contributed by atoms with E-state index in [-0.39, 0.29) is 122 Å². The van der Waals surface area contributed by atoms with Gasteiger partial charge < -0.3 is 72.6 Å². The number of hydrogen-bond acceptors (Lipinski definition) is 4. The molecule has 36 heteroatoms. The van der Waals surface area contributed by atoms with Crippen molar-refractivity contribution in [3.05, 3.63) is 139 Å². The molecule has 0 atom stereocenters. The number of alkyl halides is 12. The van der Waals surface area contributed by atoms with Gasteiger partial charge in [-0.25, -0.2) is 0 Å². The van der Waals surface area contributed by atoms with Gasteiger partial charge in [0.1, 0.15) is 0 Å². The number of rotatable bonds is 8. The van der Waals surface area contributed by atoms with E-state index in [1.807, 2.05) is 0 Å². The van der Waals surface area contributed by atoms with Gasteiger partial charge in [0.25, 0.3) is 0 Å². The van der Waals surface area contributed by atoms with Crippen molar-refractivity contribution in [3.8, 4) is 0 Å². The Morgan fingerprint density at radius 1 is 0.226 bits per heavy atom. The molecule has 0 N–H and O–H groups in total. The van der Waals surface area contributed by atoms with Crippen LogP contribution in [0.1, 0.15) is 22.3 Å². The fraction of sp³-hybridized carbons (Fsp3) is 0.583. The Hall–Kier alpha value is 0.813. The summed E-state index contributed by atoms with van der Waals surface area (Å²) in [5, 5.41) is 0. The molecule has 0 aliphatic heterocycles. The van der Waals surface area contributed by atoms with Crippen molar-refractivity contribution >= 4 is 120 Å². The van der Waals surface area contributed by atoms with Gasteiger partial charge in [0.05, 0.1) is 22.3 Å². The van der Waals surface area contributed by atoms with Gasteiger partial charge in [-0.3, -0.25) is 19.9 Å². The van der Waals surface area contributed by atoms with Crippen LogP contribution >= 0.6 is 0 Å². The minimum Gasteiger partial charge on any atom is -2.00 e. The summed E-state index contributed by atoms with van der Waals surface area (Å²) in [5.41, 5.74) is -2.66. The van der Waals surface area contributed by atoms with Crippen LogP contribution in [-0.4, -0.2) is 85.8 Å². The molecule has 4 aromatic heterocycles. The van der Waals surface area contributed by atoms with Gasteiger partial charge in [0.2, 0.25) is 0 Å². The maximum absolute atomic E-state index is 11.8. The third-order valence-electron chi connectivity index (χ3n) is 6.71. The van der Waals surface area contributed by atoms with Gasteiger partial charge in [-0.15, -0.1) is 0 Å². The topological polar surface area (TPSA) is 108 Å². The Balaban J connectivity index is -0.0000000696. The third-order valence-corrected chi connectivity index (χ3v) is 28.2. The maximum Gasteiger partial charge on any atom is 3.00 e. The summed E-state index contributed by atoms with van der Waals surface area (Å²) in [6, 6.07) is 7.44. The van der Waals surface area contributed by atoms with Crippen LogP contribution in [0.3, 0.4) is 0 Å². The fourth-order valence-electron chi connectivity index (χ4n) is 6.19. The Morgan fingerprint density at radius 3 is 0.345 bits per heavy atom. The summed E-state index contributed by atoms with van der Waals surface area (Å²) in [7, 11) is -8.85. The molecule has 4 heterocycles. The van der Waals surface area contributed by atoms with E-state index < -0.39 is 113 Å². The quantitative estimate of drug-likeness (QED) is 0.129. The Morgan fingerprint density at radius 2 is 0.310 bits per heavy atom.